The minimum Gasteiger partial charge on any atom is -0.478 e. The number of anilines is 1. The Labute approximate surface area is 119 Å². The Kier molecular flexibility index (Phi) is 4.67. The van der Waals surface area contributed by atoms with Crippen molar-refractivity contribution in [3.05, 3.63) is 48.3 Å². The lowest BCUT2D eigenvalue weighted by Crippen LogP contribution is -2.14. The number of aromatic nitrogens is 2. The van der Waals surface area contributed by atoms with Crippen molar-refractivity contribution >= 4 is 29.3 Å². The molecule has 0 saturated heterocycles. The van der Waals surface area contributed by atoms with Gasteiger partial charge in [-0.15, -0.1) is 0 Å². The van der Waals surface area contributed by atoms with Crippen molar-refractivity contribution in [1.29, 1.82) is 0 Å². The molecular formula is C13H11N3O3S. The van der Waals surface area contributed by atoms with Crippen LogP contribution in [0.5, 0.6) is 0 Å². The van der Waals surface area contributed by atoms with Gasteiger partial charge in [-0.1, -0.05) is 17.8 Å². The first-order valence-corrected chi connectivity index (χ1v) is 6.67. The summed E-state index contributed by atoms with van der Waals surface area (Å²) in [5, 5.41) is 12.0. The van der Waals surface area contributed by atoms with E-state index in [1.807, 2.05) is 0 Å². The molecule has 20 heavy (non-hydrogen) atoms. The molecule has 1 amide bonds. The average molecular weight is 289 g/mol. The maximum atomic E-state index is 11.7. The Balaban J connectivity index is 1.91. The molecule has 0 aliphatic heterocycles. The molecule has 0 spiro atoms. The number of hydrogen-bond acceptors (Lipinski definition) is 5. The van der Waals surface area contributed by atoms with Crippen LogP contribution < -0.4 is 5.32 Å². The highest BCUT2D eigenvalue weighted by Gasteiger charge is 2.07. The third-order valence-corrected chi connectivity index (χ3v) is 3.14. The molecular weight excluding hydrogens is 278 g/mol. The number of carboxylic acid groups (broad SMARTS) is 1. The Bertz CT molecular complexity index is 619. The molecule has 1 aromatic carbocycles. The average Bonchev–Trinajstić information content (AvgIpc) is 2.46. The van der Waals surface area contributed by atoms with Crippen molar-refractivity contribution < 1.29 is 14.7 Å². The van der Waals surface area contributed by atoms with E-state index in [0.717, 1.165) is 0 Å². The van der Waals surface area contributed by atoms with Gasteiger partial charge in [-0.25, -0.2) is 14.8 Å². The highest BCUT2D eigenvalue weighted by Crippen LogP contribution is 2.14. The molecule has 0 atom stereocenters. The Morgan fingerprint density at radius 2 is 1.95 bits per heavy atom. The molecule has 0 aliphatic rings. The largest absolute Gasteiger partial charge is 0.478 e. The number of nitrogens with one attached hydrogen (secondary N) is 1. The highest BCUT2D eigenvalue weighted by atomic mass is 32.2. The van der Waals surface area contributed by atoms with Gasteiger partial charge in [-0.3, -0.25) is 4.79 Å². The third kappa shape index (κ3) is 4.06. The summed E-state index contributed by atoms with van der Waals surface area (Å²) in [5.41, 5.74) is 0.575. The minimum atomic E-state index is -1.03. The summed E-state index contributed by atoms with van der Waals surface area (Å²) >= 11 is 1.21. The number of aromatic carboxylic acids is 1. The van der Waals surface area contributed by atoms with Crippen LogP contribution in [-0.2, 0) is 4.79 Å². The predicted octanol–water partition coefficient (Wildman–Crippen LogP) is 1.91. The van der Waals surface area contributed by atoms with Crippen LogP contribution in [0.3, 0.4) is 0 Å². The number of thioether (sulfide) groups is 1. The lowest BCUT2D eigenvalue weighted by molar-refractivity contribution is -0.113. The van der Waals surface area contributed by atoms with E-state index >= 15 is 0 Å². The van der Waals surface area contributed by atoms with Gasteiger partial charge in [0.05, 0.1) is 11.3 Å². The zero-order chi connectivity index (χ0) is 14.4. The second-order valence-corrected chi connectivity index (χ2v) is 4.70. The number of carbonyl (C=O) groups excluding carboxylic acids is 1. The zero-order valence-corrected chi connectivity index (χ0v) is 11.1. The molecule has 0 fully saturated rings. The molecule has 0 bridgehead atoms. The van der Waals surface area contributed by atoms with E-state index in [-0.39, 0.29) is 17.2 Å². The predicted molar refractivity (Wildman–Crippen MR) is 74.8 cm³/mol. The Morgan fingerprint density at radius 1 is 1.20 bits per heavy atom. The van der Waals surface area contributed by atoms with Gasteiger partial charge in [-0.2, -0.15) is 0 Å². The van der Waals surface area contributed by atoms with Crippen molar-refractivity contribution in [2.45, 2.75) is 5.16 Å². The Hall–Kier alpha value is -2.41. The summed E-state index contributed by atoms with van der Waals surface area (Å²) in [5.74, 6) is -1.13. The van der Waals surface area contributed by atoms with Crippen LogP contribution in [0.25, 0.3) is 0 Å². The van der Waals surface area contributed by atoms with Gasteiger partial charge in [0.25, 0.3) is 0 Å². The van der Waals surface area contributed by atoms with E-state index in [4.69, 9.17) is 5.11 Å². The molecule has 0 radical (unpaired) electrons. The van der Waals surface area contributed by atoms with Gasteiger partial charge in [0.15, 0.2) is 5.16 Å². The van der Waals surface area contributed by atoms with E-state index in [2.05, 4.69) is 15.3 Å². The lowest BCUT2D eigenvalue weighted by Gasteiger charge is -2.05. The van der Waals surface area contributed by atoms with Crippen LogP contribution in [-0.4, -0.2) is 32.7 Å². The quantitative estimate of drug-likeness (QED) is 0.645. The van der Waals surface area contributed by atoms with Gasteiger partial charge in [0, 0.05) is 18.1 Å². The fourth-order valence-corrected chi connectivity index (χ4v) is 2.02. The molecule has 0 aliphatic carbocycles. The summed E-state index contributed by atoms with van der Waals surface area (Å²) in [6.07, 6.45) is 3.20. The van der Waals surface area contributed by atoms with Crippen LogP contribution in [0.15, 0.2) is 47.9 Å². The normalized spacial score (nSPS) is 10.0. The SMILES string of the molecule is O=C(CSc1ncccn1)Nc1cccc(C(=O)O)c1. The first-order chi connectivity index (χ1) is 9.65. The van der Waals surface area contributed by atoms with E-state index < -0.39 is 5.97 Å². The van der Waals surface area contributed by atoms with Gasteiger partial charge >= 0.3 is 5.97 Å². The van der Waals surface area contributed by atoms with Crippen LogP contribution in [0.1, 0.15) is 10.4 Å². The molecule has 7 heteroatoms. The number of carbonyl (C=O) groups is 2. The second-order valence-electron chi connectivity index (χ2n) is 3.75. The van der Waals surface area contributed by atoms with E-state index in [1.165, 1.54) is 23.9 Å². The van der Waals surface area contributed by atoms with Gasteiger partial charge in [-0.05, 0) is 24.3 Å². The van der Waals surface area contributed by atoms with Crippen LogP contribution >= 0.6 is 11.8 Å². The standard InChI is InChI=1S/C13H11N3O3S/c17-11(8-20-13-14-5-2-6-15-13)16-10-4-1-3-9(7-10)12(18)19/h1-7H,8H2,(H,16,17)(H,18,19). The first-order valence-electron chi connectivity index (χ1n) is 5.68. The number of nitrogens with zero attached hydrogens (tertiary/aromatic N) is 2. The van der Waals surface area contributed by atoms with Crippen molar-refractivity contribution in [2.75, 3.05) is 11.1 Å². The lowest BCUT2D eigenvalue weighted by atomic mass is 10.2. The summed E-state index contributed by atoms with van der Waals surface area (Å²) in [7, 11) is 0. The topological polar surface area (TPSA) is 92.2 Å². The smallest absolute Gasteiger partial charge is 0.335 e. The molecule has 1 aromatic heterocycles. The molecule has 102 valence electrons. The molecule has 1 heterocycles. The summed E-state index contributed by atoms with van der Waals surface area (Å²) in [6, 6.07) is 7.77. The number of hydrogen-bond donors (Lipinski definition) is 2. The highest BCUT2D eigenvalue weighted by molar-refractivity contribution is 7.99. The molecule has 2 N–H and O–H groups in total. The fourth-order valence-electron chi connectivity index (χ4n) is 1.42. The fraction of sp³-hybridized carbons (Fsp3) is 0.0769. The maximum absolute atomic E-state index is 11.7. The zero-order valence-electron chi connectivity index (χ0n) is 10.3. The molecule has 0 unspecified atom stereocenters. The summed E-state index contributed by atoms with van der Waals surface area (Å²) < 4.78 is 0. The van der Waals surface area contributed by atoms with Crippen molar-refractivity contribution in [3.63, 3.8) is 0 Å². The number of benzene rings is 1. The van der Waals surface area contributed by atoms with E-state index in [1.54, 1.807) is 30.6 Å². The first kappa shape index (κ1) is 14.0. The molecule has 0 saturated carbocycles. The number of carboxylic acids is 1. The van der Waals surface area contributed by atoms with Gasteiger partial charge in [0.2, 0.25) is 5.91 Å². The van der Waals surface area contributed by atoms with Crippen molar-refractivity contribution in [1.82, 2.24) is 9.97 Å². The van der Waals surface area contributed by atoms with Gasteiger partial charge in [0.1, 0.15) is 0 Å². The minimum absolute atomic E-state index is 0.127. The summed E-state index contributed by atoms with van der Waals surface area (Å²) in [4.78, 5) is 30.5. The maximum Gasteiger partial charge on any atom is 0.335 e. The molecule has 6 nitrogen and oxygen atoms in total. The molecule has 2 aromatic rings. The monoisotopic (exact) mass is 289 g/mol. The molecule has 2 rings (SSSR count). The Morgan fingerprint density at radius 3 is 2.65 bits per heavy atom. The van der Waals surface area contributed by atoms with Crippen LogP contribution in [0, 0.1) is 0 Å². The van der Waals surface area contributed by atoms with E-state index in [9.17, 15) is 9.59 Å². The van der Waals surface area contributed by atoms with Crippen molar-refractivity contribution in [2.24, 2.45) is 0 Å². The van der Waals surface area contributed by atoms with Gasteiger partial charge < -0.3 is 10.4 Å². The van der Waals surface area contributed by atoms with Crippen LogP contribution in [0.4, 0.5) is 5.69 Å². The summed E-state index contributed by atoms with van der Waals surface area (Å²) in [6.45, 7) is 0. The van der Waals surface area contributed by atoms with Crippen LogP contribution in [0.2, 0.25) is 0 Å². The second kappa shape index (κ2) is 6.67. The number of amides is 1. The van der Waals surface area contributed by atoms with E-state index in [0.29, 0.717) is 10.8 Å². The van der Waals surface area contributed by atoms with Crippen molar-refractivity contribution in [3.8, 4) is 0 Å². The third-order valence-electron chi connectivity index (χ3n) is 2.27. The number of rotatable bonds is 5.